The van der Waals surface area contributed by atoms with E-state index in [0.29, 0.717) is 30.7 Å². The Labute approximate surface area is 136 Å². The molecule has 4 rings (SSSR count). The average Bonchev–Trinajstić information content (AvgIpc) is 3.26. The minimum absolute atomic E-state index is 0.00812. The van der Waals surface area contributed by atoms with Crippen molar-refractivity contribution in [1.82, 2.24) is 10.1 Å². The highest BCUT2D eigenvalue weighted by molar-refractivity contribution is 7.99. The van der Waals surface area contributed by atoms with Crippen LogP contribution in [0.5, 0.6) is 11.5 Å². The van der Waals surface area contributed by atoms with Gasteiger partial charge in [-0.15, -0.1) is 11.8 Å². The van der Waals surface area contributed by atoms with Crippen LogP contribution in [0.1, 0.15) is 18.1 Å². The molecule has 0 saturated carbocycles. The number of hydrogen-bond donors (Lipinski definition) is 0. The fourth-order valence-electron chi connectivity index (χ4n) is 2.26. The van der Waals surface area contributed by atoms with E-state index in [9.17, 15) is 0 Å². The first kappa shape index (κ1) is 14.2. The minimum atomic E-state index is 0.00812. The van der Waals surface area contributed by atoms with Crippen LogP contribution in [0.4, 0.5) is 0 Å². The van der Waals surface area contributed by atoms with Crippen molar-refractivity contribution in [1.29, 1.82) is 0 Å². The molecular weight excluding hydrogens is 316 g/mol. The maximum absolute atomic E-state index is 5.60. The topological polar surface area (TPSA) is 70.5 Å². The number of aromatic nitrogens is 2. The molecule has 3 heterocycles. The van der Waals surface area contributed by atoms with Crippen molar-refractivity contribution in [2.24, 2.45) is 0 Å². The Morgan fingerprint density at radius 2 is 2.00 bits per heavy atom. The van der Waals surface area contributed by atoms with Gasteiger partial charge in [0.15, 0.2) is 17.3 Å². The van der Waals surface area contributed by atoms with Gasteiger partial charge in [0.25, 0.3) is 0 Å². The van der Waals surface area contributed by atoms with E-state index in [1.54, 1.807) is 30.2 Å². The van der Waals surface area contributed by atoms with Crippen LogP contribution in [0.2, 0.25) is 0 Å². The highest BCUT2D eigenvalue weighted by atomic mass is 32.2. The summed E-state index contributed by atoms with van der Waals surface area (Å²) in [5, 5.41) is 3.96. The zero-order valence-corrected chi connectivity index (χ0v) is 13.2. The molecule has 0 amide bonds. The number of ether oxygens (including phenoxy) is 2. The zero-order valence-electron chi connectivity index (χ0n) is 12.4. The molecule has 3 aromatic rings. The molecule has 6 nitrogen and oxygen atoms in total. The van der Waals surface area contributed by atoms with Crippen LogP contribution in [0.3, 0.4) is 0 Å². The molecule has 23 heavy (non-hydrogen) atoms. The molecule has 0 N–H and O–H groups in total. The van der Waals surface area contributed by atoms with Crippen molar-refractivity contribution in [2.75, 3.05) is 13.2 Å². The van der Waals surface area contributed by atoms with Gasteiger partial charge in [0, 0.05) is 4.90 Å². The van der Waals surface area contributed by atoms with Crippen LogP contribution < -0.4 is 9.47 Å². The van der Waals surface area contributed by atoms with Crippen LogP contribution in [-0.2, 0) is 0 Å². The minimum Gasteiger partial charge on any atom is -0.486 e. The van der Waals surface area contributed by atoms with E-state index in [4.69, 9.17) is 18.4 Å². The van der Waals surface area contributed by atoms with E-state index in [-0.39, 0.29) is 5.25 Å². The number of thioether (sulfide) groups is 1. The standard InChI is InChI=1S/C16H14N2O4S/c1-10(16-17-15(18-22-16)13-3-2-6-19-13)23-11-4-5-12-14(9-11)21-8-7-20-12/h2-6,9-10H,7-8H2,1H3. The number of fused-ring (bicyclic) bond motifs is 1. The van der Waals surface area contributed by atoms with Gasteiger partial charge in [-0.2, -0.15) is 4.98 Å². The molecular formula is C16H14N2O4S. The maximum Gasteiger partial charge on any atom is 0.240 e. The van der Waals surface area contributed by atoms with E-state index in [1.165, 1.54) is 0 Å². The Balaban J connectivity index is 1.50. The molecule has 1 aromatic carbocycles. The molecule has 118 valence electrons. The van der Waals surface area contributed by atoms with Crippen molar-refractivity contribution in [3.8, 4) is 23.1 Å². The fourth-order valence-corrected chi connectivity index (χ4v) is 3.18. The Bertz CT molecular complexity index is 800. The van der Waals surface area contributed by atoms with Gasteiger partial charge in [0.2, 0.25) is 11.7 Å². The number of rotatable bonds is 4. The predicted octanol–water partition coefficient (Wildman–Crippen LogP) is 3.95. The maximum atomic E-state index is 5.60. The summed E-state index contributed by atoms with van der Waals surface area (Å²) in [7, 11) is 0. The molecule has 0 fully saturated rings. The van der Waals surface area contributed by atoms with Gasteiger partial charge in [-0.25, -0.2) is 0 Å². The summed E-state index contributed by atoms with van der Waals surface area (Å²) in [6.07, 6.45) is 1.58. The van der Waals surface area contributed by atoms with Crippen molar-refractivity contribution in [3.05, 3.63) is 42.5 Å². The first-order valence-corrected chi connectivity index (χ1v) is 8.11. The van der Waals surface area contributed by atoms with Crippen LogP contribution in [0.15, 0.2) is 50.4 Å². The van der Waals surface area contributed by atoms with Gasteiger partial charge in [-0.1, -0.05) is 5.16 Å². The molecule has 0 aliphatic carbocycles. The van der Waals surface area contributed by atoms with E-state index in [0.717, 1.165) is 16.4 Å². The molecule has 1 aliphatic rings. The second kappa shape index (κ2) is 6.00. The molecule has 1 unspecified atom stereocenters. The lowest BCUT2D eigenvalue weighted by Crippen LogP contribution is -2.15. The molecule has 0 saturated heterocycles. The average molecular weight is 330 g/mol. The van der Waals surface area contributed by atoms with Gasteiger partial charge in [-0.05, 0) is 37.3 Å². The third-order valence-corrected chi connectivity index (χ3v) is 4.44. The van der Waals surface area contributed by atoms with Gasteiger partial charge in [-0.3, -0.25) is 0 Å². The highest BCUT2D eigenvalue weighted by Gasteiger charge is 2.19. The predicted molar refractivity (Wildman–Crippen MR) is 83.7 cm³/mol. The lowest BCUT2D eigenvalue weighted by atomic mass is 10.3. The normalized spacial score (nSPS) is 14.7. The Morgan fingerprint density at radius 1 is 1.13 bits per heavy atom. The van der Waals surface area contributed by atoms with E-state index < -0.39 is 0 Å². The summed E-state index contributed by atoms with van der Waals surface area (Å²) in [5.74, 6) is 3.16. The van der Waals surface area contributed by atoms with Gasteiger partial charge < -0.3 is 18.4 Å². The number of furan rings is 1. The quantitative estimate of drug-likeness (QED) is 0.671. The summed E-state index contributed by atoms with van der Waals surface area (Å²) in [6.45, 7) is 3.18. The van der Waals surface area contributed by atoms with Crippen LogP contribution in [0, 0.1) is 0 Å². The molecule has 0 spiro atoms. The van der Waals surface area contributed by atoms with Crippen molar-refractivity contribution in [3.63, 3.8) is 0 Å². The van der Waals surface area contributed by atoms with Crippen LogP contribution >= 0.6 is 11.8 Å². The number of benzene rings is 1. The number of nitrogens with zero attached hydrogens (tertiary/aromatic N) is 2. The summed E-state index contributed by atoms with van der Waals surface area (Å²) in [4.78, 5) is 5.44. The van der Waals surface area contributed by atoms with E-state index >= 15 is 0 Å². The van der Waals surface area contributed by atoms with Crippen molar-refractivity contribution < 1.29 is 18.4 Å². The SMILES string of the molecule is CC(Sc1ccc2c(c1)OCCO2)c1nc(-c2ccco2)no1. The smallest absolute Gasteiger partial charge is 0.240 e. The molecule has 1 atom stereocenters. The van der Waals surface area contributed by atoms with Gasteiger partial charge in [0.1, 0.15) is 13.2 Å². The van der Waals surface area contributed by atoms with Crippen molar-refractivity contribution in [2.45, 2.75) is 17.1 Å². The highest BCUT2D eigenvalue weighted by Crippen LogP contribution is 2.39. The number of hydrogen-bond acceptors (Lipinski definition) is 7. The first-order chi connectivity index (χ1) is 11.3. The van der Waals surface area contributed by atoms with Gasteiger partial charge in [0.05, 0.1) is 11.5 Å². The van der Waals surface area contributed by atoms with Crippen LogP contribution in [-0.4, -0.2) is 23.4 Å². The summed E-state index contributed by atoms with van der Waals surface area (Å²) in [6, 6.07) is 9.48. The lowest BCUT2D eigenvalue weighted by Gasteiger charge is -2.19. The fraction of sp³-hybridized carbons (Fsp3) is 0.250. The third kappa shape index (κ3) is 2.92. The molecule has 0 bridgehead atoms. The first-order valence-electron chi connectivity index (χ1n) is 7.23. The third-order valence-electron chi connectivity index (χ3n) is 3.36. The van der Waals surface area contributed by atoms with Gasteiger partial charge >= 0.3 is 0 Å². The summed E-state index contributed by atoms with van der Waals surface area (Å²) in [5.41, 5.74) is 0. The molecule has 0 radical (unpaired) electrons. The zero-order chi connectivity index (χ0) is 15.6. The second-order valence-corrected chi connectivity index (χ2v) is 6.41. The largest absolute Gasteiger partial charge is 0.486 e. The molecule has 2 aromatic heterocycles. The summed E-state index contributed by atoms with van der Waals surface area (Å²) >= 11 is 1.62. The van der Waals surface area contributed by atoms with E-state index in [2.05, 4.69) is 10.1 Å². The Morgan fingerprint density at radius 3 is 2.83 bits per heavy atom. The van der Waals surface area contributed by atoms with E-state index in [1.807, 2.05) is 25.1 Å². The molecule has 7 heteroatoms. The van der Waals surface area contributed by atoms with Crippen molar-refractivity contribution >= 4 is 11.8 Å². The molecule has 1 aliphatic heterocycles. The second-order valence-electron chi connectivity index (χ2n) is 5.00. The lowest BCUT2D eigenvalue weighted by molar-refractivity contribution is 0.171. The Hall–Kier alpha value is -2.41. The summed E-state index contributed by atoms with van der Waals surface area (Å²) < 4.78 is 21.7. The van der Waals surface area contributed by atoms with Crippen LogP contribution in [0.25, 0.3) is 11.6 Å². The monoisotopic (exact) mass is 330 g/mol. The Kier molecular flexibility index (Phi) is 3.70.